The number of rotatable bonds is 11. The molecule has 0 radical (unpaired) electrons. The van der Waals surface area contributed by atoms with Gasteiger partial charge >= 0.3 is 5.97 Å². The molecule has 4 N–H and O–H groups in total. The van der Waals surface area contributed by atoms with Gasteiger partial charge < -0.3 is 20.4 Å². The summed E-state index contributed by atoms with van der Waals surface area (Å²) in [5.74, 6) is -2.59. The highest BCUT2D eigenvalue weighted by Gasteiger charge is 2.37. The molecule has 0 spiro atoms. The fourth-order valence-electron chi connectivity index (χ4n) is 3.86. The maximum atomic E-state index is 12.9. The summed E-state index contributed by atoms with van der Waals surface area (Å²) in [5.41, 5.74) is 0.411. The van der Waals surface area contributed by atoms with Gasteiger partial charge in [0.2, 0.25) is 0 Å². The van der Waals surface area contributed by atoms with Crippen LogP contribution in [-0.2, 0) is 26.0 Å². The molecule has 1 unspecified atom stereocenters. The van der Waals surface area contributed by atoms with E-state index in [0.717, 1.165) is 5.56 Å². The van der Waals surface area contributed by atoms with E-state index in [2.05, 4.69) is 5.32 Å². The summed E-state index contributed by atoms with van der Waals surface area (Å²) in [6.45, 7) is 3.74. The third kappa shape index (κ3) is 7.30. The van der Waals surface area contributed by atoms with Crippen molar-refractivity contribution in [1.29, 1.82) is 0 Å². The van der Waals surface area contributed by atoms with E-state index >= 15 is 0 Å². The minimum atomic E-state index is -4.29. The van der Waals surface area contributed by atoms with Crippen molar-refractivity contribution < 1.29 is 33.0 Å². The SMILES string of the molecule is CC(C)(CO)CN1C=CC=C(C(=O)NS(=O)(=O)c2ccc(CCNC(=O)c3ccccc3)cc2)C1C(=O)O. The molecule has 1 aliphatic rings. The zero-order valence-corrected chi connectivity index (χ0v) is 21.9. The lowest BCUT2D eigenvalue weighted by Gasteiger charge is -2.36. The lowest BCUT2D eigenvalue weighted by Crippen LogP contribution is -2.49. The number of aliphatic carboxylic acids is 1. The zero-order chi connectivity index (χ0) is 27.9. The zero-order valence-electron chi connectivity index (χ0n) is 21.1. The normalized spacial score (nSPS) is 15.5. The van der Waals surface area contributed by atoms with Crippen molar-refractivity contribution in [2.75, 3.05) is 19.7 Å². The van der Waals surface area contributed by atoms with Gasteiger partial charge in [0.1, 0.15) is 0 Å². The Hall–Kier alpha value is -3.96. The number of hydrogen-bond donors (Lipinski definition) is 4. The second-order valence-electron chi connectivity index (χ2n) is 9.65. The number of aliphatic hydroxyl groups is 1. The highest BCUT2D eigenvalue weighted by molar-refractivity contribution is 7.90. The van der Waals surface area contributed by atoms with Crippen LogP contribution >= 0.6 is 0 Å². The molecule has 3 rings (SSSR count). The quantitative estimate of drug-likeness (QED) is 0.335. The van der Waals surface area contributed by atoms with Crippen LogP contribution in [0, 0.1) is 5.41 Å². The third-order valence-electron chi connectivity index (χ3n) is 5.91. The lowest BCUT2D eigenvalue weighted by molar-refractivity contribution is -0.142. The maximum absolute atomic E-state index is 12.9. The largest absolute Gasteiger partial charge is 0.479 e. The molecule has 0 saturated heterocycles. The summed E-state index contributed by atoms with van der Waals surface area (Å²) in [4.78, 5) is 38.2. The molecular formula is C27H31N3O7S. The molecule has 38 heavy (non-hydrogen) atoms. The highest BCUT2D eigenvalue weighted by Crippen LogP contribution is 2.24. The molecule has 2 amide bonds. The van der Waals surface area contributed by atoms with Crippen molar-refractivity contribution in [2.24, 2.45) is 5.41 Å². The van der Waals surface area contributed by atoms with Crippen LogP contribution in [0.15, 0.2) is 83.4 Å². The predicted octanol–water partition coefficient (Wildman–Crippen LogP) is 1.69. The summed E-state index contributed by atoms with van der Waals surface area (Å²) >= 11 is 0. The Bertz CT molecular complexity index is 1330. The number of sulfonamides is 1. The maximum Gasteiger partial charge on any atom is 0.331 e. The minimum Gasteiger partial charge on any atom is -0.479 e. The molecule has 1 atom stereocenters. The van der Waals surface area contributed by atoms with Crippen LogP contribution < -0.4 is 10.0 Å². The first-order chi connectivity index (χ1) is 17.9. The number of carboxylic acid groups (broad SMARTS) is 1. The molecular weight excluding hydrogens is 510 g/mol. The molecule has 0 fully saturated rings. The van der Waals surface area contributed by atoms with E-state index in [1.807, 2.05) is 10.8 Å². The van der Waals surface area contributed by atoms with Crippen molar-refractivity contribution >= 4 is 27.8 Å². The summed E-state index contributed by atoms with van der Waals surface area (Å²) in [6.07, 6.45) is 4.67. The number of aliphatic hydroxyl groups excluding tert-OH is 1. The number of carboxylic acids is 1. The monoisotopic (exact) mass is 541 g/mol. The van der Waals surface area contributed by atoms with Crippen LogP contribution in [-0.4, -0.2) is 67.1 Å². The first-order valence-electron chi connectivity index (χ1n) is 11.9. The van der Waals surface area contributed by atoms with Crippen LogP contribution in [0.3, 0.4) is 0 Å². The Morgan fingerprint density at radius 3 is 2.26 bits per heavy atom. The van der Waals surface area contributed by atoms with Gasteiger partial charge in [0.05, 0.1) is 10.5 Å². The standard InChI is InChI=1S/C27H31N3O7S/c1-27(2,18-31)17-30-16-6-9-22(23(30)26(34)35)25(33)29-38(36,37)21-12-10-19(11-13-21)14-15-28-24(32)20-7-4-3-5-8-20/h3-13,16,23,31H,14-15,17-18H2,1-2H3,(H,28,32)(H,29,33)(H,34,35). The summed E-state index contributed by atoms with van der Waals surface area (Å²) < 4.78 is 27.7. The molecule has 2 aromatic rings. The summed E-state index contributed by atoms with van der Waals surface area (Å²) in [6, 6.07) is 13.2. The number of nitrogens with zero attached hydrogens (tertiary/aromatic N) is 1. The lowest BCUT2D eigenvalue weighted by atomic mass is 9.91. The fourth-order valence-corrected chi connectivity index (χ4v) is 4.84. The first-order valence-corrected chi connectivity index (χ1v) is 13.4. The number of carbonyl (C=O) groups is 3. The molecule has 0 aromatic heterocycles. The van der Waals surface area contributed by atoms with Crippen molar-refractivity contribution in [2.45, 2.75) is 31.2 Å². The van der Waals surface area contributed by atoms with Gasteiger partial charge in [0.15, 0.2) is 6.04 Å². The predicted molar refractivity (Wildman–Crippen MR) is 140 cm³/mol. The Morgan fingerprint density at radius 1 is 1.00 bits per heavy atom. The van der Waals surface area contributed by atoms with Gasteiger partial charge in [-0.25, -0.2) is 17.9 Å². The third-order valence-corrected chi connectivity index (χ3v) is 7.26. The smallest absolute Gasteiger partial charge is 0.331 e. The van der Waals surface area contributed by atoms with E-state index < -0.39 is 33.4 Å². The Balaban J connectivity index is 1.64. The number of amides is 2. The van der Waals surface area contributed by atoms with E-state index in [0.29, 0.717) is 18.5 Å². The van der Waals surface area contributed by atoms with Crippen LogP contribution in [0.5, 0.6) is 0 Å². The fraction of sp³-hybridized carbons (Fsp3) is 0.296. The van der Waals surface area contributed by atoms with Crippen molar-refractivity contribution in [1.82, 2.24) is 14.9 Å². The minimum absolute atomic E-state index is 0.127. The average Bonchev–Trinajstić information content (AvgIpc) is 2.88. The van der Waals surface area contributed by atoms with Crippen molar-refractivity contribution in [3.63, 3.8) is 0 Å². The van der Waals surface area contributed by atoms with E-state index in [9.17, 15) is 33.0 Å². The number of allylic oxidation sites excluding steroid dienone is 2. The number of carbonyl (C=O) groups excluding carboxylic acids is 2. The van der Waals surface area contributed by atoms with Crippen LogP contribution in [0.4, 0.5) is 0 Å². The van der Waals surface area contributed by atoms with Gasteiger partial charge in [-0.2, -0.15) is 0 Å². The topological polar surface area (TPSA) is 153 Å². The van der Waals surface area contributed by atoms with E-state index in [-0.39, 0.29) is 29.5 Å². The molecule has 2 aromatic carbocycles. The second kappa shape index (κ2) is 12.1. The molecule has 1 aliphatic heterocycles. The van der Waals surface area contributed by atoms with Crippen LogP contribution in [0.1, 0.15) is 29.8 Å². The Kier molecular flexibility index (Phi) is 9.08. The summed E-state index contributed by atoms with van der Waals surface area (Å²) in [7, 11) is -4.29. The van der Waals surface area contributed by atoms with Gasteiger partial charge in [-0.05, 0) is 48.4 Å². The van der Waals surface area contributed by atoms with Gasteiger partial charge in [0, 0.05) is 36.9 Å². The molecule has 202 valence electrons. The first kappa shape index (κ1) is 28.6. The molecule has 0 aliphatic carbocycles. The van der Waals surface area contributed by atoms with E-state index in [4.69, 9.17) is 0 Å². The molecule has 0 bridgehead atoms. The molecule has 0 saturated carbocycles. The van der Waals surface area contributed by atoms with E-state index in [1.54, 1.807) is 50.2 Å². The van der Waals surface area contributed by atoms with Crippen molar-refractivity contribution in [3.8, 4) is 0 Å². The van der Waals surface area contributed by atoms with Crippen LogP contribution in [0.25, 0.3) is 0 Å². The van der Waals surface area contributed by atoms with Gasteiger partial charge in [-0.15, -0.1) is 0 Å². The molecule has 1 heterocycles. The van der Waals surface area contributed by atoms with E-state index in [1.165, 1.54) is 35.4 Å². The second-order valence-corrected chi connectivity index (χ2v) is 11.3. The molecule has 11 heteroatoms. The van der Waals surface area contributed by atoms with Gasteiger partial charge in [-0.3, -0.25) is 9.59 Å². The van der Waals surface area contributed by atoms with Crippen molar-refractivity contribution in [3.05, 3.63) is 89.6 Å². The number of benzene rings is 2. The van der Waals surface area contributed by atoms with Gasteiger partial charge in [0.25, 0.3) is 21.8 Å². The summed E-state index contributed by atoms with van der Waals surface area (Å²) in [5, 5.41) is 22.1. The van der Waals surface area contributed by atoms with Crippen LogP contribution in [0.2, 0.25) is 0 Å². The highest BCUT2D eigenvalue weighted by atomic mass is 32.2. The number of nitrogens with one attached hydrogen (secondary N) is 2. The molecule has 10 nitrogen and oxygen atoms in total. The Labute approximate surface area is 221 Å². The van der Waals surface area contributed by atoms with Gasteiger partial charge in [-0.1, -0.05) is 44.2 Å². The Morgan fingerprint density at radius 2 is 1.66 bits per heavy atom. The number of hydrogen-bond acceptors (Lipinski definition) is 7. The average molecular weight is 542 g/mol.